The number of hydrogen-bond donors (Lipinski definition) is 2. The quantitative estimate of drug-likeness (QED) is 0.720. The zero-order valence-electron chi connectivity index (χ0n) is 15.1. The number of carboxylic acids is 1. The van der Waals surface area contributed by atoms with E-state index in [1.54, 1.807) is 31.2 Å². The molecule has 0 saturated carbocycles. The summed E-state index contributed by atoms with van der Waals surface area (Å²) in [6, 6.07) is 6.08. The minimum atomic E-state index is -1.28. The number of nitrogens with one attached hydrogen (secondary N) is 1. The first-order valence-electron chi connectivity index (χ1n) is 8.55. The SMILES string of the molecule is COc1ccc(C2(C)NC(=O)N(CC(=O)N3CCC(C(=O)O)C3)C2=O)cc1. The summed E-state index contributed by atoms with van der Waals surface area (Å²) >= 11 is 0. The van der Waals surface area contributed by atoms with Gasteiger partial charge in [-0.1, -0.05) is 12.1 Å². The van der Waals surface area contributed by atoms with E-state index < -0.39 is 41.8 Å². The normalized spacial score (nSPS) is 24.9. The highest BCUT2D eigenvalue weighted by Crippen LogP contribution is 2.30. The number of aliphatic carboxylic acids is 1. The maximum atomic E-state index is 12.9. The second-order valence-electron chi connectivity index (χ2n) is 6.84. The van der Waals surface area contributed by atoms with Gasteiger partial charge in [-0.3, -0.25) is 19.3 Å². The maximum absolute atomic E-state index is 12.9. The number of urea groups is 1. The van der Waals surface area contributed by atoms with Gasteiger partial charge >= 0.3 is 12.0 Å². The number of rotatable bonds is 5. The van der Waals surface area contributed by atoms with Crippen LogP contribution in [0.3, 0.4) is 0 Å². The van der Waals surface area contributed by atoms with Gasteiger partial charge in [0.15, 0.2) is 0 Å². The fourth-order valence-electron chi connectivity index (χ4n) is 3.38. The minimum absolute atomic E-state index is 0.0908. The highest BCUT2D eigenvalue weighted by Gasteiger charge is 2.50. The van der Waals surface area contributed by atoms with Crippen molar-refractivity contribution in [3.63, 3.8) is 0 Å². The van der Waals surface area contributed by atoms with E-state index in [1.807, 2.05) is 0 Å². The lowest BCUT2D eigenvalue weighted by molar-refractivity contribution is -0.142. The molecule has 9 nitrogen and oxygen atoms in total. The van der Waals surface area contributed by atoms with Crippen LogP contribution in [-0.2, 0) is 19.9 Å². The lowest BCUT2D eigenvalue weighted by Crippen LogP contribution is -2.44. The molecule has 2 aliphatic heterocycles. The molecule has 27 heavy (non-hydrogen) atoms. The lowest BCUT2D eigenvalue weighted by atomic mass is 9.92. The first-order valence-corrected chi connectivity index (χ1v) is 8.55. The predicted molar refractivity (Wildman–Crippen MR) is 92.9 cm³/mol. The van der Waals surface area contributed by atoms with Crippen LogP contribution >= 0.6 is 0 Å². The standard InChI is InChI=1S/C18H21N3O6/c1-18(12-3-5-13(27-2)6-4-12)16(25)21(17(26)19-18)10-14(22)20-8-7-11(9-20)15(23)24/h3-6,11H,7-10H2,1-2H3,(H,19,26)(H,23,24). The summed E-state index contributed by atoms with van der Waals surface area (Å²) in [7, 11) is 1.53. The number of imide groups is 1. The van der Waals surface area contributed by atoms with Crippen LogP contribution in [0.2, 0.25) is 0 Å². The molecule has 2 unspecified atom stereocenters. The summed E-state index contributed by atoms with van der Waals surface area (Å²) in [5.74, 6) is -1.91. The highest BCUT2D eigenvalue weighted by molar-refractivity contribution is 6.09. The number of benzene rings is 1. The molecule has 0 bridgehead atoms. The van der Waals surface area contributed by atoms with Gasteiger partial charge in [0.25, 0.3) is 5.91 Å². The molecule has 2 aliphatic rings. The summed E-state index contributed by atoms with van der Waals surface area (Å²) in [5, 5.41) is 11.7. The van der Waals surface area contributed by atoms with Crippen LogP contribution in [-0.4, -0.2) is 65.5 Å². The zero-order chi connectivity index (χ0) is 19.8. The summed E-state index contributed by atoms with van der Waals surface area (Å²) in [5.41, 5.74) is -0.707. The number of likely N-dealkylation sites (tertiary alicyclic amines) is 1. The third-order valence-corrected chi connectivity index (χ3v) is 5.13. The van der Waals surface area contributed by atoms with Crippen LogP contribution in [0.15, 0.2) is 24.3 Å². The fourth-order valence-corrected chi connectivity index (χ4v) is 3.38. The van der Waals surface area contributed by atoms with Crippen LogP contribution in [0.1, 0.15) is 18.9 Å². The summed E-state index contributed by atoms with van der Waals surface area (Å²) < 4.78 is 5.09. The van der Waals surface area contributed by atoms with Crippen molar-refractivity contribution in [3.8, 4) is 5.75 Å². The molecule has 2 N–H and O–H groups in total. The average molecular weight is 375 g/mol. The number of carbonyl (C=O) groups excluding carboxylic acids is 3. The van der Waals surface area contributed by atoms with Crippen molar-refractivity contribution in [2.24, 2.45) is 5.92 Å². The lowest BCUT2D eigenvalue weighted by Gasteiger charge is -2.23. The van der Waals surface area contributed by atoms with Gasteiger partial charge in [-0.05, 0) is 31.0 Å². The second-order valence-corrected chi connectivity index (χ2v) is 6.84. The number of amides is 4. The Hall–Kier alpha value is -3.10. The fraction of sp³-hybridized carbons (Fsp3) is 0.444. The molecule has 2 fully saturated rings. The van der Waals surface area contributed by atoms with Crippen molar-refractivity contribution in [3.05, 3.63) is 29.8 Å². The van der Waals surface area contributed by atoms with Gasteiger partial charge in [-0.25, -0.2) is 4.79 Å². The van der Waals surface area contributed by atoms with E-state index >= 15 is 0 Å². The van der Waals surface area contributed by atoms with Gasteiger partial charge in [-0.2, -0.15) is 0 Å². The summed E-state index contributed by atoms with van der Waals surface area (Å²) in [6.45, 7) is 1.56. The molecule has 0 aromatic heterocycles. The molecule has 9 heteroatoms. The smallest absolute Gasteiger partial charge is 0.325 e. The third kappa shape index (κ3) is 3.32. The van der Waals surface area contributed by atoms with Crippen LogP contribution in [0.5, 0.6) is 5.75 Å². The molecule has 4 amide bonds. The van der Waals surface area contributed by atoms with Gasteiger partial charge in [0, 0.05) is 13.1 Å². The maximum Gasteiger partial charge on any atom is 0.325 e. The van der Waals surface area contributed by atoms with Gasteiger partial charge < -0.3 is 20.1 Å². The number of nitrogens with zero attached hydrogens (tertiary/aromatic N) is 2. The third-order valence-electron chi connectivity index (χ3n) is 5.13. The van der Waals surface area contributed by atoms with Gasteiger partial charge in [-0.15, -0.1) is 0 Å². The highest BCUT2D eigenvalue weighted by atomic mass is 16.5. The molecule has 0 radical (unpaired) electrons. The monoisotopic (exact) mass is 375 g/mol. The van der Waals surface area contributed by atoms with Crippen LogP contribution in [0.4, 0.5) is 4.79 Å². The summed E-state index contributed by atoms with van der Waals surface area (Å²) in [4.78, 5) is 50.9. The Labute approximate surface area is 155 Å². The summed E-state index contributed by atoms with van der Waals surface area (Å²) in [6.07, 6.45) is 0.366. The molecule has 0 spiro atoms. The van der Waals surface area contributed by atoms with E-state index in [9.17, 15) is 19.2 Å². The second kappa shape index (κ2) is 6.90. The molecule has 144 valence electrons. The van der Waals surface area contributed by atoms with E-state index in [4.69, 9.17) is 9.84 Å². The van der Waals surface area contributed by atoms with Crippen LogP contribution in [0.25, 0.3) is 0 Å². The first kappa shape index (κ1) is 18.7. The Bertz CT molecular complexity index is 793. The van der Waals surface area contributed by atoms with Crippen molar-refractivity contribution in [2.75, 3.05) is 26.7 Å². The van der Waals surface area contributed by atoms with Crippen molar-refractivity contribution in [2.45, 2.75) is 18.9 Å². The Balaban J connectivity index is 1.72. The van der Waals surface area contributed by atoms with Crippen LogP contribution in [0, 0.1) is 5.92 Å². The Morgan fingerprint density at radius 2 is 1.96 bits per heavy atom. The topological polar surface area (TPSA) is 116 Å². The van der Waals surface area contributed by atoms with Crippen molar-refractivity contribution < 1.29 is 29.0 Å². The molecule has 1 aromatic rings. The predicted octanol–water partition coefficient (Wildman–Crippen LogP) is 0.395. The first-order chi connectivity index (χ1) is 12.8. The Morgan fingerprint density at radius 1 is 1.30 bits per heavy atom. The molecule has 2 saturated heterocycles. The number of carbonyl (C=O) groups is 4. The van der Waals surface area contributed by atoms with Gasteiger partial charge in [0.2, 0.25) is 5.91 Å². The van der Waals surface area contributed by atoms with E-state index in [-0.39, 0.29) is 6.54 Å². The Kier molecular flexibility index (Phi) is 4.77. The molecule has 2 heterocycles. The number of hydrogen-bond acceptors (Lipinski definition) is 5. The zero-order valence-corrected chi connectivity index (χ0v) is 15.1. The van der Waals surface area contributed by atoms with Gasteiger partial charge in [0.1, 0.15) is 17.8 Å². The largest absolute Gasteiger partial charge is 0.497 e. The number of ether oxygens (including phenoxy) is 1. The van der Waals surface area contributed by atoms with Crippen molar-refractivity contribution >= 4 is 23.8 Å². The van der Waals surface area contributed by atoms with E-state index in [1.165, 1.54) is 12.0 Å². The van der Waals surface area contributed by atoms with Crippen molar-refractivity contribution in [1.82, 2.24) is 15.1 Å². The number of carboxylic acid groups (broad SMARTS) is 1. The molecular formula is C18H21N3O6. The van der Waals surface area contributed by atoms with Gasteiger partial charge in [0.05, 0.1) is 13.0 Å². The Morgan fingerprint density at radius 3 is 2.52 bits per heavy atom. The van der Waals surface area contributed by atoms with Crippen LogP contribution < -0.4 is 10.1 Å². The number of methoxy groups -OCH3 is 1. The minimum Gasteiger partial charge on any atom is -0.497 e. The molecule has 3 rings (SSSR count). The molecule has 0 aliphatic carbocycles. The average Bonchev–Trinajstić information content (AvgIpc) is 3.22. The van der Waals surface area contributed by atoms with E-state index in [0.29, 0.717) is 24.3 Å². The van der Waals surface area contributed by atoms with E-state index in [2.05, 4.69) is 5.32 Å². The molecule has 1 aromatic carbocycles. The molecular weight excluding hydrogens is 354 g/mol. The van der Waals surface area contributed by atoms with Crippen molar-refractivity contribution in [1.29, 1.82) is 0 Å². The van der Waals surface area contributed by atoms with E-state index in [0.717, 1.165) is 4.90 Å². The molecule has 2 atom stereocenters.